The summed E-state index contributed by atoms with van der Waals surface area (Å²) in [7, 11) is 3.15. The summed E-state index contributed by atoms with van der Waals surface area (Å²) in [6.07, 6.45) is 0.398. The van der Waals surface area contributed by atoms with E-state index in [0.29, 0.717) is 22.9 Å². The summed E-state index contributed by atoms with van der Waals surface area (Å²) in [6, 6.07) is 6.00. The smallest absolute Gasteiger partial charge is 0.179 e. The molecule has 0 bridgehead atoms. The maximum atomic E-state index is 9.16. The van der Waals surface area contributed by atoms with Gasteiger partial charge >= 0.3 is 0 Å². The summed E-state index contributed by atoms with van der Waals surface area (Å²) in [5.74, 6) is 1.12. The van der Waals surface area contributed by atoms with Crippen LogP contribution >= 0.6 is 36.4 Å². The maximum absolute atomic E-state index is 9.16. The minimum Gasteiger partial charge on any atom is -0.493 e. The lowest BCUT2D eigenvalue weighted by molar-refractivity contribution is 0.175. The van der Waals surface area contributed by atoms with E-state index in [1.54, 1.807) is 14.2 Å². The second-order valence-electron chi connectivity index (χ2n) is 4.87. The lowest BCUT2D eigenvalue weighted by Gasteiger charge is -2.34. The lowest BCUT2D eigenvalue weighted by atomic mass is 10.0. The third-order valence-electron chi connectivity index (χ3n) is 3.75. The first-order valence-corrected chi connectivity index (χ1v) is 7.32. The molecule has 1 aliphatic heterocycles. The Kier molecular flexibility index (Phi) is 10.4. The van der Waals surface area contributed by atoms with Crippen molar-refractivity contribution in [3.05, 3.63) is 22.7 Å². The van der Waals surface area contributed by atoms with Crippen LogP contribution < -0.4 is 14.8 Å². The minimum absolute atomic E-state index is 0. The Balaban J connectivity index is 0.00000242. The molecule has 1 heterocycles. The van der Waals surface area contributed by atoms with Gasteiger partial charge in [-0.2, -0.15) is 5.26 Å². The number of benzene rings is 1. The average Bonchev–Trinajstić information content (AvgIpc) is 2.53. The van der Waals surface area contributed by atoms with Gasteiger partial charge in [0.1, 0.15) is 0 Å². The minimum atomic E-state index is -0.0237. The first-order valence-electron chi connectivity index (χ1n) is 6.95. The predicted octanol–water partition coefficient (Wildman–Crippen LogP) is 3.06. The van der Waals surface area contributed by atoms with E-state index in [-0.39, 0.29) is 30.9 Å². The molecule has 1 N–H and O–H groups in total. The molecular formula is C15H22Cl3N3O2. The Bertz CT molecular complexity index is 531. The number of ether oxygens (including phenoxy) is 2. The molecule has 1 fully saturated rings. The van der Waals surface area contributed by atoms with Gasteiger partial charge in [-0.15, -0.1) is 24.8 Å². The zero-order valence-corrected chi connectivity index (χ0v) is 15.6. The zero-order chi connectivity index (χ0) is 15.2. The summed E-state index contributed by atoms with van der Waals surface area (Å²) < 4.78 is 10.6. The molecule has 0 amide bonds. The van der Waals surface area contributed by atoms with Gasteiger partial charge in [0.05, 0.1) is 31.7 Å². The van der Waals surface area contributed by atoms with Crippen molar-refractivity contribution in [1.82, 2.24) is 10.2 Å². The van der Waals surface area contributed by atoms with E-state index in [1.165, 1.54) is 0 Å². The number of nitrogens with zero attached hydrogens (tertiary/aromatic N) is 2. The molecule has 23 heavy (non-hydrogen) atoms. The zero-order valence-electron chi connectivity index (χ0n) is 13.2. The molecule has 1 atom stereocenters. The monoisotopic (exact) mass is 381 g/mol. The highest BCUT2D eigenvalue weighted by atomic mass is 35.5. The van der Waals surface area contributed by atoms with E-state index in [1.807, 2.05) is 12.1 Å². The van der Waals surface area contributed by atoms with Crippen LogP contribution in [-0.2, 0) is 0 Å². The van der Waals surface area contributed by atoms with E-state index < -0.39 is 0 Å². The van der Waals surface area contributed by atoms with Gasteiger partial charge in [-0.05, 0) is 11.6 Å². The normalized spacial score (nSPS) is 15.6. The Morgan fingerprint density at radius 3 is 2.43 bits per heavy atom. The molecule has 0 aliphatic carbocycles. The van der Waals surface area contributed by atoms with Crippen molar-refractivity contribution in [3.8, 4) is 17.6 Å². The van der Waals surface area contributed by atoms with Crippen molar-refractivity contribution in [2.75, 3.05) is 40.4 Å². The average molecular weight is 383 g/mol. The molecule has 5 nitrogen and oxygen atoms in total. The molecule has 0 aromatic heterocycles. The van der Waals surface area contributed by atoms with Crippen LogP contribution in [0.5, 0.6) is 11.5 Å². The molecule has 1 aliphatic rings. The van der Waals surface area contributed by atoms with Crippen LogP contribution in [0.1, 0.15) is 18.0 Å². The van der Waals surface area contributed by atoms with Crippen LogP contribution in [0.3, 0.4) is 0 Å². The number of nitriles is 1. The molecule has 1 aromatic carbocycles. The largest absolute Gasteiger partial charge is 0.493 e. The van der Waals surface area contributed by atoms with Crippen molar-refractivity contribution >= 4 is 36.4 Å². The van der Waals surface area contributed by atoms with Gasteiger partial charge in [0.25, 0.3) is 0 Å². The van der Waals surface area contributed by atoms with Crippen molar-refractivity contribution in [3.63, 3.8) is 0 Å². The van der Waals surface area contributed by atoms with Gasteiger partial charge in [-0.1, -0.05) is 17.7 Å². The van der Waals surface area contributed by atoms with E-state index in [2.05, 4.69) is 16.3 Å². The molecule has 2 rings (SSSR count). The highest BCUT2D eigenvalue weighted by Crippen LogP contribution is 2.41. The fraction of sp³-hybridized carbons (Fsp3) is 0.533. The first kappa shape index (κ1) is 22.1. The molecule has 1 aromatic rings. The maximum Gasteiger partial charge on any atom is 0.179 e. The Hall–Kier alpha value is -0.900. The van der Waals surface area contributed by atoms with Gasteiger partial charge < -0.3 is 14.8 Å². The third-order valence-corrected chi connectivity index (χ3v) is 4.14. The summed E-state index contributed by atoms with van der Waals surface area (Å²) in [5.41, 5.74) is 0.915. The summed E-state index contributed by atoms with van der Waals surface area (Å²) in [5, 5.41) is 13.0. The second kappa shape index (κ2) is 10.8. The van der Waals surface area contributed by atoms with Gasteiger partial charge in [-0.3, -0.25) is 4.90 Å². The molecule has 0 radical (unpaired) electrons. The van der Waals surface area contributed by atoms with E-state index in [0.717, 1.165) is 31.7 Å². The number of hydrogen-bond acceptors (Lipinski definition) is 5. The SMILES string of the molecule is COc1ccc([C@H](CC#N)N2CCNCC2)c(Cl)c1OC.Cl.Cl. The standard InChI is InChI=1S/C15H20ClN3O2.2ClH/c1-20-13-4-3-11(14(16)15(13)21-2)12(5-6-17)19-9-7-18-8-10-19;;/h3-4,12,18H,5,7-10H2,1-2H3;2*1H/t12-;;/m0../s1. The quantitative estimate of drug-likeness (QED) is 0.848. The van der Waals surface area contributed by atoms with Gasteiger partial charge in [-0.25, -0.2) is 0 Å². The van der Waals surface area contributed by atoms with Crippen LogP contribution in [0.2, 0.25) is 5.02 Å². The van der Waals surface area contributed by atoms with Gasteiger partial charge in [0.2, 0.25) is 0 Å². The molecule has 0 unspecified atom stereocenters. The van der Waals surface area contributed by atoms with Gasteiger partial charge in [0, 0.05) is 32.2 Å². The molecular weight excluding hydrogens is 361 g/mol. The van der Waals surface area contributed by atoms with E-state index in [4.69, 9.17) is 26.3 Å². The van der Waals surface area contributed by atoms with Crippen LogP contribution in [0.15, 0.2) is 12.1 Å². The summed E-state index contributed by atoms with van der Waals surface area (Å²) >= 11 is 6.49. The van der Waals surface area contributed by atoms with Crippen molar-refractivity contribution in [2.45, 2.75) is 12.5 Å². The highest BCUT2D eigenvalue weighted by molar-refractivity contribution is 6.33. The number of methoxy groups -OCH3 is 2. The molecule has 0 spiro atoms. The van der Waals surface area contributed by atoms with Crippen molar-refractivity contribution in [2.24, 2.45) is 0 Å². The topological polar surface area (TPSA) is 57.5 Å². The fourth-order valence-electron chi connectivity index (χ4n) is 2.68. The predicted molar refractivity (Wildman–Crippen MR) is 96.5 cm³/mol. The molecule has 8 heteroatoms. The lowest BCUT2D eigenvalue weighted by Crippen LogP contribution is -2.45. The van der Waals surface area contributed by atoms with Crippen LogP contribution in [-0.4, -0.2) is 45.3 Å². The Morgan fingerprint density at radius 2 is 1.91 bits per heavy atom. The number of nitrogens with one attached hydrogen (secondary N) is 1. The van der Waals surface area contributed by atoms with Gasteiger partial charge in [0.15, 0.2) is 11.5 Å². The van der Waals surface area contributed by atoms with Crippen LogP contribution in [0, 0.1) is 11.3 Å². The second-order valence-corrected chi connectivity index (χ2v) is 5.25. The van der Waals surface area contributed by atoms with E-state index in [9.17, 15) is 0 Å². The molecule has 0 saturated carbocycles. The molecule has 130 valence electrons. The highest BCUT2D eigenvalue weighted by Gasteiger charge is 2.26. The summed E-state index contributed by atoms with van der Waals surface area (Å²) in [4.78, 5) is 2.28. The Labute approximate surface area is 154 Å². The molecule has 1 saturated heterocycles. The van der Waals surface area contributed by atoms with Crippen LogP contribution in [0.25, 0.3) is 0 Å². The third kappa shape index (κ3) is 5.03. The number of hydrogen-bond donors (Lipinski definition) is 1. The Morgan fingerprint density at radius 1 is 1.26 bits per heavy atom. The number of halogens is 3. The number of piperazine rings is 1. The first-order chi connectivity index (χ1) is 10.2. The number of rotatable bonds is 5. The fourth-order valence-corrected chi connectivity index (χ4v) is 3.04. The van der Waals surface area contributed by atoms with Crippen LogP contribution in [0.4, 0.5) is 0 Å². The summed E-state index contributed by atoms with van der Waals surface area (Å²) in [6.45, 7) is 3.65. The van der Waals surface area contributed by atoms with E-state index >= 15 is 0 Å². The van der Waals surface area contributed by atoms with Crippen molar-refractivity contribution < 1.29 is 9.47 Å². The van der Waals surface area contributed by atoms with Crippen molar-refractivity contribution in [1.29, 1.82) is 5.26 Å².